The Morgan fingerprint density at radius 3 is 2.80 bits per heavy atom. The van der Waals surface area contributed by atoms with Gasteiger partial charge in [0.1, 0.15) is 6.73 Å². The number of fused-ring (bicyclic) bond motifs is 1. The van der Waals surface area contributed by atoms with E-state index in [2.05, 4.69) is 47.4 Å². The predicted octanol–water partition coefficient (Wildman–Crippen LogP) is 4.23. The van der Waals surface area contributed by atoms with Gasteiger partial charge in [0.05, 0.1) is 17.4 Å². The smallest absolute Gasteiger partial charge is 0.124 e. The number of benzene rings is 1. The molecule has 0 aliphatic heterocycles. The van der Waals surface area contributed by atoms with Gasteiger partial charge < -0.3 is 9.30 Å². The quantitative estimate of drug-likeness (QED) is 0.587. The van der Waals surface area contributed by atoms with E-state index in [0.717, 1.165) is 12.5 Å². The van der Waals surface area contributed by atoms with E-state index in [0.29, 0.717) is 6.73 Å². The molecule has 0 atom stereocenters. The van der Waals surface area contributed by atoms with Gasteiger partial charge in [-0.15, -0.1) is 0 Å². The second-order valence-electron chi connectivity index (χ2n) is 7.05. The molecule has 20 heavy (non-hydrogen) atoms. The average Bonchev–Trinajstić information content (AvgIpc) is 3.14. The van der Waals surface area contributed by atoms with E-state index in [-0.39, 0.29) is 0 Å². The Bertz CT molecular complexity index is 596. The molecule has 0 spiro atoms. The summed E-state index contributed by atoms with van der Waals surface area (Å²) in [5.74, 6) is 0.745. The first kappa shape index (κ1) is 13.8. The topological polar surface area (TPSA) is 27.1 Å². The van der Waals surface area contributed by atoms with Gasteiger partial charge in [-0.3, -0.25) is 0 Å². The molecule has 4 heteroatoms. The lowest BCUT2D eigenvalue weighted by Crippen LogP contribution is -2.21. The number of aromatic nitrogens is 2. The van der Waals surface area contributed by atoms with Crippen LogP contribution in [-0.2, 0) is 11.5 Å². The van der Waals surface area contributed by atoms with Crippen molar-refractivity contribution in [2.75, 3.05) is 6.61 Å². The minimum Gasteiger partial charge on any atom is -0.361 e. The SMILES string of the molecule is C[Si](C)(C)CCOCn1cnc2c(C3CC3)cccc21. The van der Waals surface area contributed by atoms with Crippen molar-refractivity contribution in [3.8, 4) is 0 Å². The van der Waals surface area contributed by atoms with E-state index in [1.165, 1.54) is 35.5 Å². The third-order valence-corrected chi connectivity index (χ3v) is 5.63. The Morgan fingerprint density at radius 1 is 1.30 bits per heavy atom. The molecule has 1 aromatic carbocycles. The Labute approximate surface area is 122 Å². The van der Waals surface area contributed by atoms with Gasteiger partial charge in [-0.1, -0.05) is 31.8 Å². The molecule has 1 saturated carbocycles. The van der Waals surface area contributed by atoms with Crippen LogP contribution in [0.3, 0.4) is 0 Å². The maximum absolute atomic E-state index is 5.84. The van der Waals surface area contributed by atoms with E-state index in [1.54, 1.807) is 0 Å². The predicted molar refractivity (Wildman–Crippen MR) is 85.8 cm³/mol. The largest absolute Gasteiger partial charge is 0.361 e. The second kappa shape index (κ2) is 5.33. The monoisotopic (exact) mass is 288 g/mol. The molecule has 2 aromatic rings. The van der Waals surface area contributed by atoms with Crippen LogP contribution in [0.2, 0.25) is 25.7 Å². The number of para-hydroxylation sites is 1. The second-order valence-corrected chi connectivity index (χ2v) is 12.7. The minimum absolute atomic E-state index is 0.620. The number of nitrogens with zero attached hydrogens (tertiary/aromatic N) is 2. The molecule has 0 N–H and O–H groups in total. The number of hydrogen-bond acceptors (Lipinski definition) is 2. The molecular weight excluding hydrogens is 264 g/mol. The van der Waals surface area contributed by atoms with E-state index in [4.69, 9.17) is 4.74 Å². The molecule has 1 aromatic heterocycles. The van der Waals surface area contributed by atoms with Crippen molar-refractivity contribution in [3.05, 3.63) is 30.1 Å². The fraction of sp³-hybridized carbons (Fsp3) is 0.562. The van der Waals surface area contributed by atoms with Crippen LogP contribution < -0.4 is 0 Å². The summed E-state index contributed by atoms with van der Waals surface area (Å²) < 4.78 is 7.97. The number of hydrogen-bond donors (Lipinski definition) is 0. The maximum atomic E-state index is 5.84. The van der Waals surface area contributed by atoms with Crippen LogP contribution in [0.15, 0.2) is 24.5 Å². The molecule has 1 aliphatic carbocycles. The van der Waals surface area contributed by atoms with Crippen molar-refractivity contribution in [1.82, 2.24) is 9.55 Å². The van der Waals surface area contributed by atoms with Crippen LogP contribution in [0.4, 0.5) is 0 Å². The van der Waals surface area contributed by atoms with Gasteiger partial charge in [0.15, 0.2) is 0 Å². The van der Waals surface area contributed by atoms with Crippen LogP contribution >= 0.6 is 0 Å². The lowest BCUT2D eigenvalue weighted by Gasteiger charge is -2.15. The maximum Gasteiger partial charge on any atom is 0.124 e. The summed E-state index contributed by atoms with van der Waals surface area (Å²) >= 11 is 0. The summed E-state index contributed by atoms with van der Waals surface area (Å²) in [5, 5.41) is 0. The highest BCUT2D eigenvalue weighted by Gasteiger charge is 2.26. The fourth-order valence-electron chi connectivity index (χ4n) is 2.48. The first-order valence-electron chi connectivity index (χ1n) is 7.56. The van der Waals surface area contributed by atoms with Crippen molar-refractivity contribution in [2.24, 2.45) is 0 Å². The standard InChI is InChI=1S/C16H24N2OSi/c1-20(2,3)10-9-19-12-18-11-17-16-14(13-7-8-13)5-4-6-15(16)18/h4-6,11,13H,7-10,12H2,1-3H3. The van der Waals surface area contributed by atoms with Crippen molar-refractivity contribution < 1.29 is 4.74 Å². The lowest BCUT2D eigenvalue weighted by molar-refractivity contribution is 0.0898. The molecule has 108 valence electrons. The Hall–Kier alpha value is -1.13. The summed E-state index contributed by atoms with van der Waals surface area (Å²) in [7, 11) is -0.998. The minimum atomic E-state index is -0.998. The molecule has 0 amide bonds. The summed E-state index contributed by atoms with van der Waals surface area (Å²) in [4.78, 5) is 4.60. The third-order valence-electron chi connectivity index (χ3n) is 3.93. The summed E-state index contributed by atoms with van der Waals surface area (Å²) in [6.45, 7) is 8.62. The van der Waals surface area contributed by atoms with E-state index >= 15 is 0 Å². The van der Waals surface area contributed by atoms with Crippen molar-refractivity contribution in [1.29, 1.82) is 0 Å². The Balaban J connectivity index is 1.68. The summed E-state index contributed by atoms with van der Waals surface area (Å²) in [6.07, 6.45) is 4.56. The van der Waals surface area contributed by atoms with Gasteiger partial charge >= 0.3 is 0 Å². The zero-order valence-corrected chi connectivity index (χ0v) is 13.7. The summed E-state index contributed by atoms with van der Waals surface area (Å²) in [5.41, 5.74) is 3.80. The highest BCUT2D eigenvalue weighted by Crippen LogP contribution is 2.42. The van der Waals surface area contributed by atoms with Gasteiger partial charge in [-0.05, 0) is 36.4 Å². The first-order chi connectivity index (χ1) is 9.54. The van der Waals surface area contributed by atoms with Gasteiger partial charge in [-0.2, -0.15) is 0 Å². The molecule has 0 bridgehead atoms. The normalized spacial score (nSPS) is 15.9. The van der Waals surface area contributed by atoms with Gasteiger partial charge in [0.2, 0.25) is 0 Å². The average molecular weight is 288 g/mol. The summed E-state index contributed by atoms with van der Waals surface area (Å²) in [6, 6.07) is 7.74. The Morgan fingerprint density at radius 2 is 2.10 bits per heavy atom. The first-order valence-corrected chi connectivity index (χ1v) is 11.3. The number of ether oxygens (including phenoxy) is 1. The molecule has 1 fully saturated rings. The van der Waals surface area contributed by atoms with E-state index in [9.17, 15) is 0 Å². The molecular formula is C16H24N2OSi. The van der Waals surface area contributed by atoms with Crippen molar-refractivity contribution in [3.63, 3.8) is 0 Å². The molecule has 1 heterocycles. The lowest BCUT2D eigenvalue weighted by atomic mass is 10.1. The molecule has 0 radical (unpaired) electrons. The third kappa shape index (κ3) is 3.12. The Kier molecular flexibility index (Phi) is 3.69. The molecule has 1 aliphatic rings. The van der Waals surface area contributed by atoms with Crippen LogP contribution in [0, 0.1) is 0 Å². The number of rotatable bonds is 6. The molecule has 3 nitrogen and oxygen atoms in total. The van der Waals surface area contributed by atoms with Crippen LogP contribution in [-0.4, -0.2) is 24.2 Å². The van der Waals surface area contributed by atoms with E-state index < -0.39 is 8.07 Å². The highest BCUT2D eigenvalue weighted by molar-refractivity contribution is 6.76. The van der Waals surface area contributed by atoms with Crippen LogP contribution in [0.1, 0.15) is 24.3 Å². The van der Waals surface area contributed by atoms with Gasteiger partial charge in [0.25, 0.3) is 0 Å². The van der Waals surface area contributed by atoms with Gasteiger partial charge in [0, 0.05) is 14.7 Å². The van der Waals surface area contributed by atoms with Crippen LogP contribution in [0.5, 0.6) is 0 Å². The van der Waals surface area contributed by atoms with Gasteiger partial charge in [-0.25, -0.2) is 4.98 Å². The zero-order valence-electron chi connectivity index (χ0n) is 12.7. The van der Waals surface area contributed by atoms with Crippen molar-refractivity contribution in [2.45, 2.75) is 51.2 Å². The fourth-order valence-corrected chi connectivity index (χ4v) is 3.24. The van der Waals surface area contributed by atoms with Crippen LogP contribution in [0.25, 0.3) is 11.0 Å². The molecule has 0 saturated heterocycles. The molecule has 3 rings (SSSR count). The zero-order chi connectivity index (χ0) is 14.2. The van der Waals surface area contributed by atoms with E-state index in [1.807, 2.05) is 6.33 Å². The number of imidazole rings is 1. The molecule has 0 unspecified atom stereocenters. The highest BCUT2D eigenvalue weighted by atomic mass is 28.3. The van der Waals surface area contributed by atoms with Crippen molar-refractivity contribution >= 4 is 19.1 Å².